The van der Waals surface area contributed by atoms with Crippen LogP contribution < -0.4 is 10.5 Å². The highest BCUT2D eigenvalue weighted by Gasteiger charge is 2.06. The number of nitrogen functional groups attached to an aromatic ring is 1. The normalized spacial score (nSPS) is 9.95. The number of nitrogens with zero attached hydrogens (tertiary/aromatic N) is 1. The van der Waals surface area contributed by atoms with Crippen LogP contribution in [0.1, 0.15) is 11.1 Å². The van der Waals surface area contributed by atoms with Crippen molar-refractivity contribution in [1.29, 1.82) is 5.26 Å². The molecule has 0 bridgehead atoms. The van der Waals surface area contributed by atoms with Gasteiger partial charge in [-0.1, -0.05) is 23.2 Å². The molecule has 2 aromatic carbocycles. The second kappa shape index (κ2) is 5.83. The summed E-state index contributed by atoms with van der Waals surface area (Å²) in [5, 5.41) is 10.2. The van der Waals surface area contributed by atoms with E-state index in [0.717, 1.165) is 5.56 Å². The molecular formula is C14H10Cl2N2O. The molecule has 0 spiro atoms. The maximum absolute atomic E-state index is 9.01. The van der Waals surface area contributed by atoms with Crippen LogP contribution >= 0.6 is 23.2 Å². The van der Waals surface area contributed by atoms with Crippen molar-refractivity contribution in [2.24, 2.45) is 0 Å². The Bertz CT molecular complexity index is 650. The molecule has 19 heavy (non-hydrogen) atoms. The number of anilines is 1. The molecule has 0 aliphatic carbocycles. The lowest BCUT2D eigenvalue weighted by Crippen LogP contribution is -1.99. The first-order chi connectivity index (χ1) is 9.10. The van der Waals surface area contributed by atoms with Crippen LogP contribution in [0.5, 0.6) is 5.75 Å². The lowest BCUT2D eigenvalue weighted by Gasteiger charge is -2.10. The molecule has 0 heterocycles. The molecule has 3 nitrogen and oxygen atoms in total. The van der Waals surface area contributed by atoms with Gasteiger partial charge >= 0.3 is 0 Å². The van der Waals surface area contributed by atoms with Crippen molar-refractivity contribution >= 4 is 28.9 Å². The molecule has 0 aliphatic heterocycles. The number of hydrogen-bond acceptors (Lipinski definition) is 3. The van der Waals surface area contributed by atoms with Gasteiger partial charge in [0.15, 0.2) is 0 Å². The molecule has 2 N–H and O–H groups in total. The minimum absolute atomic E-state index is 0.234. The zero-order valence-corrected chi connectivity index (χ0v) is 11.4. The molecule has 2 rings (SSSR count). The third-order valence-electron chi connectivity index (χ3n) is 2.52. The topological polar surface area (TPSA) is 59.0 Å². The van der Waals surface area contributed by atoms with Crippen LogP contribution in [-0.4, -0.2) is 0 Å². The average Bonchev–Trinajstić information content (AvgIpc) is 2.40. The van der Waals surface area contributed by atoms with Crippen LogP contribution in [0.15, 0.2) is 36.4 Å². The van der Waals surface area contributed by atoms with Crippen molar-refractivity contribution in [3.63, 3.8) is 0 Å². The molecule has 5 heteroatoms. The SMILES string of the molecule is N#Cc1cc(N)ccc1OCc1cc(Cl)ccc1Cl. The van der Waals surface area contributed by atoms with Gasteiger partial charge in [-0.15, -0.1) is 0 Å². The summed E-state index contributed by atoms with van der Waals surface area (Å²) < 4.78 is 5.58. The van der Waals surface area contributed by atoms with E-state index in [2.05, 4.69) is 0 Å². The summed E-state index contributed by atoms with van der Waals surface area (Å²) in [6, 6.07) is 12.1. The summed E-state index contributed by atoms with van der Waals surface area (Å²) in [7, 11) is 0. The minimum Gasteiger partial charge on any atom is -0.487 e. The van der Waals surface area contributed by atoms with E-state index in [1.165, 1.54) is 0 Å². The van der Waals surface area contributed by atoms with E-state index in [1.807, 2.05) is 6.07 Å². The Balaban J connectivity index is 2.19. The Morgan fingerprint density at radius 1 is 1.16 bits per heavy atom. The van der Waals surface area contributed by atoms with Crippen LogP contribution in [0.25, 0.3) is 0 Å². The number of hydrogen-bond donors (Lipinski definition) is 1. The summed E-state index contributed by atoms with van der Waals surface area (Å²) in [4.78, 5) is 0. The first-order valence-corrected chi connectivity index (χ1v) is 6.22. The first kappa shape index (κ1) is 13.5. The van der Waals surface area contributed by atoms with E-state index in [9.17, 15) is 0 Å². The summed E-state index contributed by atoms with van der Waals surface area (Å²) in [6.45, 7) is 0.234. The van der Waals surface area contributed by atoms with Crippen LogP contribution in [0, 0.1) is 11.3 Å². The molecule has 0 saturated carbocycles. The molecule has 0 atom stereocenters. The lowest BCUT2D eigenvalue weighted by atomic mass is 10.2. The van der Waals surface area contributed by atoms with Crippen molar-refractivity contribution in [2.45, 2.75) is 6.61 Å². The highest BCUT2D eigenvalue weighted by atomic mass is 35.5. The molecular weight excluding hydrogens is 283 g/mol. The van der Waals surface area contributed by atoms with Crippen molar-refractivity contribution in [3.8, 4) is 11.8 Å². The van der Waals surface area contributed by atoms with Gasteiger partial charge < -0.3 is 10.5 Å². The summed E-state index contributed by atoms with van der Waals surface area (Å²) >= 11 is 11.9. The largest absolute Gasteiger partial charge is 0.487 e. The van der Waals surface area contributed by atoms with Gasteiger partial charge in [-0.05, 0) is 36.4 Å². The maximum Gasteiger partial charge on any atom is 0.137 e. The maximum atomic E-state index is 9.01. The zero-order chi connectivity index (χ0) is 13.8. The van der Waals surface area contributed by atoms with E-state index in [0.29, 0.717) is 27.0 Å². The number of halogens is 2. The number of nitrogens with two attached hydrogens (primary N) is 1. The predicted molar refractivity (Wildman–Crippen MR) is 76.4 cm³/mol. The van der Waals surface area contributed by atoms with Crippen molar-refractivity contribution < 1.29 is 4.74 Å². The van der Waals surface area contributed by atoms with Gasteiger partial charge in [-0.25, -0.2) is 0 Å². The minimum atomic E-state index is 0.234. The van der Waals surface area contributed by atoms with Crippen LogP contribution in [0.3, 0.4) is 0 Å². The van der Waals surface area contributed by atoms with Gasteiger partial charge in [-0.3, -0.25) is 0 Å². The fraction of sp³-hybridized carbons (Fsp3) is 0.0714. The number of rotatable bonds is 3. The van der Waals surface area contributed by atoms with E-state index < -0.39 is 0 Å². The number of nitriles is 1. The third kappa shape index (κ3) is 3.31. The molecule has 96 valence electrons. The molecule has 2 aromatic rings. The highest BCUT2D eigenvalue weighted by molar-refractivity contribution is 6.33. The quantitative estimate of drug-likeness (QED) is 0.869. The highest BCUT2D eigenvalue weighted by Crippen LogP contribution is 2.25. The molecule has 0 radical (unpaired) electrons. The molecule has 0 saturated heterocycles. The van der Waals surface area contributed by atoms with Gasteiger partial charge in [0.2, 0.25) is 0 Å². The second-order valence-corrected chi connectivity index (χ2v) is 4.74. The van der Waals surface area contributed by atoms with Gasteiger partial charge in [0, 0.05) is 21.3 Å². The zero-order valence-electron chi connectivity index (χ0n) is 9.86. The lowest BCUT2D eigenvalue weighted by molar-refractivity contribution is 0.305. The summed E-state index contributed by atoms with van der Waals surface area (Å²) in [6.07, 6.45) is 0. The molecule has 0 unspecified atom stereocenters. The predicted octanol–water partition coefficient (Wildman–Crippen LogP) is 4.03. The van der Waals surface area contributed by atoms with Crippen molar-refractivity contribution in [3.05, 3.63) is 57.6 Å². The third-order valence-corrected chi connectivity index (χ3v) is 3.12. The van der Waals surface area contributed by atoms with Crippen LogP contribution in [0.4, 0.5) is 5.69 Å². The smallest absolute Gasteiger partial charge is 0.137 e. The van der Waals surface area contributed by atoms with Crippen molar-refractivity contribution in [1.82, 2.24) is 0 Å². The van der Waals surface area contributed by atoms with Gasteiger partial charge in [0.05, 0.1) is 5.56 Å². The van der Waals surface area contributed by atoms with Gasteiger partial charge in [-0.2, -0.15) is 5.26 Å². The first-order valence-electron chi connectivity index (χ1n) is 5.46. The van der Waals surface area contributed by atoms with Gasteiger partial charge in [0.1, 0.15) is 18.4 Å². The van der Waals surface area contributed by atoms with Gasteiger partial charge in [0.25, 0.3) is 0 Å². The Morgan fingerprint density at radius 3 is 2.68 bits per heavy atom. The number of ether oxygens (including phenoxy) is 1. The fourth-order valence-electron chi connectivity index (χ4n) is 1.57. The van der Waals surface area contributed by atoms with E-state index in [1.54, 1.807) is 36.4 Å². The van der Waals surface area contributed by atoms with E-state index in [4.69, 9.17) is 38.9 Å². The molecule has 0 amide bonds. The fourth-order valence-corrected chi connectivity index (χ4v) is 1.94. The molecule has 0 aliphatic rings. The Labute approximate surface area is 121 Å². The standard InChI is InChI=1S/C14H10Cl2N2O/c15-11-1-3-13(16)10(5-11)8-19-14-4-2-12(18)6-9(14)7-17/h1-6H,8,18H2. The Morgan fingerprint density at radius 2 is 1.95 bits per heavy atom. The molecule has 0 aromatic heterocycles. The van der Waals surface area contributed by atoms with Crippen LogP contribution in [-0.2, 0) is 6.61 Å². The van der Waals surface area contributed by atoms with E-state index >= 15 is 0 Å². The Kier molecular flexibility index (Phi) is 4.16. The van der Waals surface area contributed by atoms with Crippen molar-refractivity contribution in [2.75, 3.05) is 5.73 Å². The summed E-state index contributed by atoms with van der Waals surface area (Å²) in [5.41, 5.74) is 7.27. The monoisotopic (exact) mass is 292 g/mol. The average molecular weight is 293 g/mol. The van der Waals surface area contributed by atoms with Crippen LogP contribution in [0.2, 0.25) is 10.0 Å². The number of benzene rings is 2. The van der Waals surface area contributed by atoms with E-state index in [-0.39, 0.29) is 6.61 Å². The summed E-state index contributed by atoms with van der Waals surface area (Å²) in [5.74, 6) is 0.466. The molecule has 0 fully saturated rings. The second-order valence-electron chi connectivity index (χ2n) is 3.89. The Hall–Kier alpha value is -1.89.